The van der Waals surface area contributed by atoms with Crippen LogP contribution in [0.2, 0.25) is 5.02 Å². The topological polar surface area (TPSA) is 117 Å². The van der Waals surface area contributed by atoms with Crippen LogP contribution in [0.15, 0.2) is 64.4 Å². The third kappa shape index (κ3) is 4.87. The average molecular weight is 496 g/mol. The number of ether oxygens (including phenoxy) is 2. The first-order chi connectivity index (χ1) is 16.9. The van der Waals surface area contributed by atoms with E-state index in [9.17, 15) is 14.4 Å². The highest BCUT2D eigenvalue weighted by Gasteiger charge is 2.18. The van der Waals surface area contributed by atoms with Crippen LogP contribution in [0.25, 0.3) is 11.2 Å². The molecule has 2 heterocycles. The molecule has 2 aromatic heterocycles. The van der Waals surface area contributed by atoms with Crippen molar-refractivity contribution >= 4 is 28.7 Å². The Hall–Kier alpha value is -4.18. The molecule has 10 nitrogen and oxygen atoms in total. The summed E-state index contributed by atoms with van der Waals surface area (Å²) in [6.07, 6.45) is 2.71. The van der Waals surface area contributed by atoms with Gasteiger partial charge >= 0.3 is 5.69 Å². The third-order valence-corrected chi connectivity index (χ3v) is 5.76. The number of rotatable bonds is 8. The van der Waals surface area contributed by atoms with E-state index in [1.54, 1.807) is 42.5 Å². The lowest BCUT2D eigenvalue weighted by atomic mass is 10.2. The molecule has 180 valence electrons. The van der Waals surface area contributed by atoms with E-state index in [1.165, 1.54) is 26.6 Å². The Balaban J connectivity index is 1.66. The van der Waals surface area contributed by atoms with Crippen LogP contribution < -0.4 is 26.0 Å². The molecule has 4 aromatic rings. The highest BCUT2D eigenvalue weighted by molar-refractivity contribution is 6.31. The number of hydrogen-bond donors (Lipinski definition) is 1. The first kappa shape index (κ1) is 24.0. The molecule has 0 radical (unpaired) electrons. The second-order valence-electron chi connectivity index (χ2n) is 7.51. The third-order valence-electron chi connectivity index (χ3n) is 5.39. The number of amides is 1. The molecule has 0 atom stereocenters. The highest BCUT2D eigenvalue weighted by atomic mass is 35.5. The fraction of sp³-hybridized carbons (Fsp3) is 0.208. The van der Waals surface area contributed by atoms with Gasteiger partial charge in [-0.15, -0.1) is 0 Å². The van der Waals surface area contributed by atoms with E-state index in [1.807, 2.05) is 0 Å². The summed E-state index contributed by atoms with van der Waals surface area (Å²) in [5.74, 6) is 0.562. The second-order valence-corrected chi connectivity index (χ2v) is 7.92. The summed E-state index contributed by atoms with van der Waals surface area (Å²) in [4.78, 5) is 47.4. The Bertz CT molecular complexity index is 1510. The van der Waals surface area contributed by atoms with E-state index in [0.29, 0.717) is 27.6 Å². The molecule has 0 fully saturated rings. The van der Waals surface area contributed by atoms with Crippen molar-refractivity contribution in [3.8, 4) is 11.5 Å². The Labute approximate surface area is 204 Å². The maximum atomic E-state index is 13.3. The zero-order valence-corrected chi connectivity index (χ0v) is 19.8. The van der Waals surface area contributed by atoms with Crippen molar-refractivity contribution in [1.82, 2.24) is 24.4 Å². The Morgan fingerprint density at radius 3 is 2.46 bits per heavy atom. The summed E-state index contributed by atoms with van der Waals surface area (Å²) < 4.78 is 12.8. The monoisotopic (exact) mass is 495 g/mol. The number of nitrogens with zero attached hydrogens (tertiary/aromatic N) is 4. The molecule has 0 aliphatic carbocycles. The van der Waals surface area contributed by atoms with Crippen LogP contribution in [-0.2, 0) is 24.4 Å². The van der Waals surface area contributed by atoms with Gasteiger partial charge in [-0.1, -0.05) is 41.9 Å². The number of fused-ring (bicyclic) bond motifs is 1. The van der Waals surface area contributed by atoms with Gasteiger partial charge in [0.15, 0.2) is 22.7 Å². The summed E-state index contributed by atoms with van der Waals surface area (Å²) in [6.45, 7) is -0.313. The smallest absolute Gasteiger partial charge is 0.333 e. The minimum Gasteiger partial charge on any atom is -0.493 e. The van der Waals surface area contributed by atoms with Gasteiger partial charge in [-0.05, 0) is 17.7 Å². The number of carbonyl (C=O) groups is 1. The molecule has 0 unspecified atom stereocenters. The van der Waals surface area contributed by atoms with Crippen LogP contribution >= 0.6 is 11.6 Å². The Kier molecular flexibility index (Phi) is 7.11. The molecule has 0 bridgehead atoms. The predicted molar refractivity (Wildman–Crippen MR) is 130 cm³/mol. The summed E-state index contributed by atoms with van der Waals surface area (Å²) in [6, 6.07) is 12.2. The van der Waals surface area contributed by atoms with Gasteiger partial charge in [-0.3, -0.25) is 18.7 Å². The van der Waals surface area contributed by atoms with E-state index in [4.69, 9.17) is 21.1 Å². The largest absolute Gasteiger partial charge is 0.493 e. The molecule has 4 rings (SSSR count). The van der Waals surface area contributed by atoms with E-state index in [0.717, 1.165) is 9.13 Å². The highest BCUT2D eigenvalue weighted by Crippen LogP contribution is 2.30. The number of aromatic nitrogens is 4. The van der Waals surface area contributed by atoms with E-state index in [2.05, 4.69) is 15.3 Å². The van der Waals surface area contributed by atoms with Crippen molar-refractivity contribution in [2.24, 2.45) is 0 Å². The molecule has 35 heavy (non-hydrogen) atoms. The van der Waals surface area contributed by atoms with E-state index >= 15 is 0 Å². The zero-order valence-electron chi connectivity index (χ0n) is 19.0. The van der Waals surface area contributed by atoms with E-state index in [-0.39, 0.29) is 30.8 Å². The van der Waals surface area contributed by atoms with Crippen molar-refractivity contribution in [3.05, 3.63) is 91.8 Å². The molecule has 0 spiro atoms. The molecule has 2 aromatic carbocycles. The fourth-order valence-electron chi connectivity index (χ4n) is 3.70. The van der Waals surface area contributed by atoms with Crippen LogP contribution in [0.3, 0.4) is 0 Å². The first-order valence-corrected chi connectivity index (χ1v) is 11.0. The van der Waals surface area contributed by atoms with Crippen LogP contribution in [0.4, 0.5) is 0 Å². The summed E-state index contributed by atoms with van der Waals surface area (Å²) in [5.41, 5.74) is -0.0418. The number of hydrogen-bond acceptors (Lipinski definition) is 7. The SMILES string of the molecule is COc1cccc(CNC(=O)Cn2c(=O)n(Cc3ccccc3Cl)c(=O)c3nccnc32)c1OC. The lowest BCUT2D eigenvalue weighted by molar-refractivity contribution is -0.121. The molecule has 0 saturated carbocycles. The summed E-state index contributed by atoms with van der Waals surface area (Å²) in [7, 11) is 3.03. The van der Waals surface area contributed by atoms with Crippen LogP contribution in [-0.4, -0.2) is 39.2 Å². The zero-order chi connectivity index (χ0) is 24.9. The van der Waals surface area contributed by atoms with Crippen molar-refractivity contribution in [2.75, 3.05) is 14.2 Å². The van der Waals surface area contributed by atoms with Crippen molar-refractivity contribution in [3.63, 3.8) is 0 Å². The number of para-hydroxylation sites is 1. The average Bonchev–Trinajstić information content (AvgIpc) is 2.88. The molecular weight excluding hydrogens is 474 g/mol. The van der Waals surface area contributed by atoms with Gasteiger partial charge in [-0.25, -0.2) is 14.8 Å². The maximum absolute atomic E-state index is 13.3. The quantitative estimate of drug-likeness (QED) is 0.397. The predicted octanol–water partition coefficient (Wildman–Crippen LogP) is 1.99. The summed E-state index contributed by atoms with van der Waals surface area (Å²) in [5, 5.41) is 3.18. The lowest BCUT2D eigenvalue weighted by Crippen LogP contribution is -2.43. The van der Waals surface area contributed by atoms with Gasteiger partial charge in [0.1, 0.15) is 6.54 Å². The molecule has 0 aliphatic rings. The number of halogens is 1. The fourth-order valence-corrected chi connectivity index (χ4v) is 3.89. The Morgan fingerprint density at radius 1 is 0.971 bits per heavy atom. The van der Waals surface area contributed by atoms with Gasteiger partial charge in [-0.2, -0.15) is 0 Å². The number of methoxy groups -OCH3 is 2. The van der Waals surface area contributed by atoms with Crippen LogP contribution in [0.5, 0.6) is 11.5 Å². The van der Waals surface area contributed by atoms with E-state index < -0.39 is 17.2 Å². The Morgan fingerprint density at radius 2 is 1.71 bits per heavy atom. The van der Waals surface area contributed by atoms with Crippen molar-refractivity contribution in [1.29, 1.82) is 0 Å². The van der Waals surface area contributed by atoms with Crippen LogP contribution in [0.1, 0.15) is 11.1 Å². The molecule has 11 heteroatoms. The lowest BCUT2D eigenvalue weighted by Gasteiger charge is -2.15. The van der Waals surface area contributed by atoms with Gasteiger partial charge in [0.2, 0.25) is 5.91 Å². The standard InChI is InChI=1S/C24H22ClN5O5/c1-34-18-9-5-7-15(21(18)35-2)12-28-19(31)14-29-22-20(26-10-11-27-22)23(32)30(24(29)33)13-16-6-3-4-8-17(16)25/h3-11H,12-14H2,1-2H3,(H,28,31). The van der Waals surface area contributed by atoms with Gasteiger partial charge in [0, 0.05) is 29.5 Å². The minimum absolute atomic E-state index is 0.0204. The first-order valence-electron chi connectivity index (χ1n) is 10.6. The number of benzene rings is 2. The van der Waals surface area contributed by atoms with Crippen LogP contribution in [0, 0.1) is 0 Å². The molecule has 0 aliphatic heterocycles. The molecular formula is C24H22ClN5O5. The maximum Gasteiger partial charge on any atom is 0.333 e. The minimum atomic E-state index is -0.697. The van der Waals surface area contributed by atoms with Crippen molar-refractivity contribution in [2.45, 2.75) is 19.6 Å². The normalized spacial score (nSPS) is 10.8. The number of nitrogens with one attached hydrogen (secondary N) is 1. The van der Waals surface area contributed by atoms with Crippen molar-refractivity contribution < 1.29 is 14.3 Å². The molecule has 1 N–H and O–H groups in total. The molecule has 0 saturated heterocycles. The number of carbonyl (C=O) groups excluding carboxylic acids is 1. The van der Waals surface area contributed by atoms with Gasteiger partial charge in [0.25, 0.3) is 5.56 Å². The second kappa shape index (κ2) is 10.4. The summed E-state index contributed by atoms with van der Waals surface area (Å²) >= 11 is 6.23. The van der Waals surface area contributed by atoms with Gasteiger partial charge < -0.3 is 14.8 Å². The van der Waals surface area contributed by atoms with Gasteiger partial charge in [0.05, 0.1) is 20.8 Å². The molecule has 1 amide bonds.